The van der Waals surface area contributed by atoms with Gasteiger partial charge in [0.25, 0.3) is 5.56 Å². The summed E-state index contributed by atoms with van der Waals surface area (Å²) in [5, 5.41) is 0.694. The number of nitrogens with zero attached hydrogens (tertiary/aromatic N) is 1. The van der Waals surface area contributed by atoms with Crippen LogP contribution in [0.15, 0.2) is 35.1 Å². The van der Waals surface area contributed by atoms with E-state index < -0.39 is 0 Å². The Labute approximate surface area is 115 Å². The van der Waals surface area contributed by atoms with Gasteiger partial charge in [-0.1, -0.05) is 31.2 Å². The number of aromatic nitrogens is 2. The zero-order valence-corrected chi connectivity index (χ0v) is 11.7. The lowest BCUT2D eigenvalue weighted by Crippen LogP contribution is -2.08. The molecule has 0 unspecified atom stereocenters. The number of aryl methyl sites for hydroxylation is 2. The van der Waals surface area contributed by atoms with Crippen LogP contribution >= 0.6 is 11.3 Å². The highest BCUT2D eigenvalue weighted by atomic mass is 32.1. The van der Waals surface area contributed by atoms with Crippen LogP contribution in [0.3, 0.4) is 0 Å². The Morgan fingerprint density at radius 1 is 1.32 bits per heavy atom. The molecule has 0 amide bonds. The predicted octanol–water partition coefficient (Wildman–Crippen LogP) is 3.52. The van der Waals surface area contributed by atoms with Crippen molar-refractivity contribution >= 4 is 21.6 Å². The van der Waals surface area contributed by atoms with Crippen molar-refractivity contribution in [1.82, 2.24) is 9.97 Å². The van der Waals surface area contributed by atoms with Crippen molar-refractivity contribution in [2.75, 3.05) is 0 Å². The maximum Gasteiger partial charge on any atom is 0.259 e. The molecule has 0 aliphatic carbocycles. The average molecular weight is 270 g/mol. The fraction of sp³-hybridized carbons (Fsp3) is 0.200. The van der Waals surface area contributed by atoms with Crippen LogP contribution in [0.25, 0.3) is 21.6 Å². The molecule has 0 bridgehead atoms. The highest BCUT2D eigenvalue weighted by Crippen LogP contribution is 2.25. The van der Waals surface area contributed by atoms with Crippen LogP contribution in [-0.2, 0) is 6.42 Å². The van der Waals surface area contributed by atoms with Gasteiger partial charge in [-0.3, -0.25) is 4.79 Å². The van der Waals surface area contributed by atoms with Crippen molar-refractivity contribution in [3.8, 4) is 11.4 Å². The minimum atomic E-state index is -0.0563. The van der Waals surface area contributed by atoms with Gasteiger partial charge in [-0.2, -0.15) is 0 Å². The van der Waals surface area contributed by atoms with Crippen LogP contribution in [0.2, 0.25) is 0 Å². The van der Waals surface area contributed by atoms with Crippen molar-refractivity contribution in [1.29, 1.82) is 0 Å². The van der Waals surface area contributed by atoms with Gasteiger partial charge < -0.3 is 4.98 Å². The third-order valence-electron chi connectivity index (χ3n) is 3.20. The molecule has 0 atom stereocenters. The number of H-pyrrole nitrogens is 1. The maximum atomic E-state index is 12.1. The highest BCUT2D eigenvalue weighted by molar-refractivity contribution is 7.18. The van der Waals surface area contributed by atoms with E-state index in [-0.39, 0.29) is 5.56 Å². The summed E-state index contributed by atoms with van der Waals surface area (Å²) in [4.78, 5) is 21.6. The van der Waals surface area contributed by atoms with Gasteiger partial charge in [-0.25, -0.2) is 4.98 Å². The summed E-state index contributed by atoms with van der Waals surface area (Å²) in [6.45, 7) is 4.10. The number of nitrogens with one attached hydrogen (secondary N) is 1. The van der Waals surface area contributed by atoms with E-state index in [1.807, 2.05) is 37.3 Å². The summed E-state index contributed by atoms with van der Waals surface area (Å²) in [5.41, 5.74) is 2.03. The zero-order chi connectivity index (χ0) is 13.4. The van der Waals surface area contributed by atoms with Crippen molar-refractivity contribution in [3.63, 3.8) is 0 Å². The third-order valence-corrected chi connectivity index (χ3v) is 4.38. The van der Waals surface area contributed by atoms with Crippen LogP contribution in [-0.4, -0.2) is 9.97 Å². The van der Waals surface area contributed by atoms with Crippen LogP contribution in [0.4, 0.5) is 0 Å². The number of hydrogen-bond donors (Lipinski definition) is 1. The van der Waals surface area contributed by atoms with E-state index in [2.05, 4.69) is 16.9 Å². The fourth-order valence-corrected chi connectivity index (χ4v) is 3.09. The molecule has 0 aliphatic heterocycles. The Balaban J connectivity index is 2.26. The largest absolute Gasteiger partial charge is 0.306 e. The van der Waals surface area contributed by atoms with E-state index in [1.54, 1.807) is 11.3 Å². The number of rotatable bonds is 2. The lowest BCUT2D eigenvalue weighted by molar-refractivity contribution is 1.17. The molecule has 3 aromatic rings. The zero-order valence-electron chi connectivity index (χ0n) is 10.9. The highest BCUT2D eigenvalue weighted by Gasteiger charge is 2.10. The number of thiophene rings is 1. The van der Waals surface area contributed by atoms with E-state index >= 15 is 0 Å². The van der Waals surface area contributed by atoms with Gasteiger partial charge in [0, 0.05) is 10.4 Å². The Kier molecular flexibility index (Phi) is 2.95. The standard InChI is InChI=1S/C15H14N2OS/c1-3-10-8-12-14(18)16-13(17-15(12)19-10)11-7-5-4-6-9(11)2/h4-8H,3H2,1-2H3,(H,16,17,18). The lowest BCUT2D eigenvalue weighted by atomic mass is 10.1. The van der Waals surface area contributed by atoms with Crippen LogP contribution in [0, 0.1) is 6.92 Å². The maximum absolute atomic E-state index is 12.1. The minimum Gasteiger partial charge on any atom is -0.306 e. The first-order chi connectivity index (χ1) is 9.19. The van der Waals surface area contributed by atoms with Gasteiger partial charge in [0.2, 0.25) is 0 Å². The summed E-state index contributed by atoms with van der Waals surface area (Å²) in [5.74, 6) is 0.653. The molecule has 1 aromatic carbocycles. The number of aromatic amines is 1. The molecule has 0 saturated carbocycles. The summed E-state index contributed by atoms with van der Waals surface area (Å²) in [6, 6.07) is 9.88. The topological polar surface area (TPSA) is 45.8 Å². The molecule has 0 saturated heterocycles. The number of benzene rings is 1. The van der Waals surface area contributed by atoms with E-state index in [1.165, 1.54) is 4.88 Å². The van der Waals surface area contributed by atoms with Gasteiger partial charge in [0.1, 0.15) is 10.7 Å². The molecule has 3 rings (SSSR count). The van der Waals surface area contributed by atoms with Crippen molar-refractivity contribution in [2.24, 2.45) is 0 Å². The Bertz CT molecular complexity index is 801. The van der Waals surface area contributed by atoms with Crippen molar-refractivity contribution in [2.45, 2.75) is 20.3 Å². The first-order valence-electron chi connectivity index (χ1n) is 6.27. The summed E-state index contributed by atoms with van der Waals surface area (Å²) in [7, 11) is 0. The van der Waals surface area contributed by atoms with Gasteiger partial charge in [0.15, 0.2) is 0 Å². The van der Waals surface area contributed by atoms with Crippen molar-refractivity contribution < 1.29 is 0 Å². The average Bonchev–Trinajstić information content (AvgIpc) is 2.83. The van der Waals surface area contributed by atoms with Crippen LogP contribution in [0.5, 0.6) is 0 Å². The molecule has 2 aromatic heterocycles. The van der Waals surface area contributed by atoms with E-state index in [0.29, 0.717) is 11.2 Å². The minimum absolute atomic E-state index is 0.0563. The first kappa shape index (κ1) is 12.1. The van der Waals surface area contributed by atoms with Crippen LogP contribution in [0.1, 0.15) is 17.4 Å². The molecule has 19 heavy (non-hydrogen) atoms. The molecule has 0 aliphatic rings. The third kappa shape index (κ3) is 2.08. The Morgan fingerprint density at radius 2 is 2.11 bits per heavy atom. The fourth-order valence-electron chi connectivity index (χ4n) is 2.12. The quantitative estimate of drug-likeness (QED) is 0.774. The molecule has 4 heteroatoms. The molecule has 0 spiro atoms. The molecule has 2 heterocycles. The van der Waals surface area contributed by atoms with E-state index in [4.69, 9.17) is 0 Å². The van der Waals surface area contributed by atoms with Gasteiger partial charge >= 0.3 is 0 Å². The normalized spacial score (nSPS) is 11.1. The smallest absolute Gasteiger partial charge is 0.259 e. The van der Waals surface area contributed by atoms with Crippen LogP contribution < -0.4 is 5.56 Å². The molecule has 96 valence electrons. The molecule has 0 fully saturated rings. The lowest BCUT2D eigenvalue weighted by Gasteiger charge is -2.04. The Morgan fingerprint density at radius 3 is 2.84 bits per heavy atom. The molecular formula is C15H14N2OS. The second-order valence-electron chi connectivity index (χ2n) is 4.51. The number of hydrogen-bond acceptors (Lipinski definition) is 3. The second kappa shape index (κ2) is 4.63. The van der Waals surface area contributed by atoms with Crippen molar-refractivity contribution in [3.05, 3.63) is 51.1 Å². The van der Waals surface area contributed by atoms with E-state index in [0.717, 1.165) is 22.4 Å². The molecular weight excluding hydrogens is 256 g/mol. The first-order valence-corrected chi connectivity index (χ1v) is 7.09. The van der Waals surface area contributed by atoms with E-state index in [9.17, 15) is 4.79 Å². The number of fused-ring (bicyclic) bond motifs is 1. The summed E-state index contributed by atoms with van der Waals surface area (Å²) in [6.07, 6.45) is 0.931. The Hall–Kier alpha value is -1.94. The summed E-state index contributed by atoms with van der Waals surface area (Å²) >= 11 is 1.60. The monoisotopic (exact) mass is 270 g/mol. The van der Waals surface area contributed by atoms with Gasteiger partial charge in [0.05, 0.1) is 5.39 Å². The predicted molar refractivity (Wildman–Crippen MR) is 79.8 cm³/mol. The SMILES string of the molecule is CCc1cc2c(=O)[nH]c(-c3ccccc3C)nc2s1. The summed E-state index contributed by atoms with van der Waals surface area (Å²) < 4.78 is 0. The van der Waals surface area contributed by atoms with Gasteiger partial charge in [-0.05, 0) is 25.0 Å². The second-order valence-corrected chi connectivity index (χ2v) is 5.63. The molecule has 1 N–H and O–H groups in total. The van der Waals surface area contributed by atoms with Gasteiger partial charge in [-0.15, -0.1) is 11.3 Å². The molecule has 3 nitrogen and oxygen atoms in total. The molecule has 0 radical (unpaired) electrons.